The molecule has 3 aliphatic rings. The van der Waals surface area contributed by atoms with Crippen LogP contribution >= 0.6 is 0 Å². The van der Waals surface area contributed by atoms with Gasteiger partial charge in [0.1, 0.15) is 18.2 Å². The molecule has 2 heterocycles. The molecular weight excluding hydrogens is 478 g/mol. The third-order valence-electron chi connectivity index (χ3n) is 6.16. The second-order valence-electron chi connectivity index (χ2n) is 8.87. The lowest BCUT2D eigenvalue weighted by Gasteiger charge is -2.46. The number of halogens is 4. The molecule has 3 N–H and O–H groups in total. The van der Waals surface area contributed by atoms with Gasteiger partial charge in [-0.1, -0.05) is 6.07 Å². The molecule has 192 valence electrons. The van der Waals surface area contributed by atoms with Gasteiger partial charge in [0, 0.05) is 44.4 Å². The molecule has 0 bridgehead atoms. The van der Waals surface area contributed by atoms with Gasteiger partial charge in [-0.15, -0.1) is 13.2 Å². The van der Waals surface area contributed by atoms with Crippen LogP contribution in [0, 0.1) is 5.82 Å². The van der Waals surface area contributed by atoms with E-state index in [1.54, 1.807) is 4.90 Å². The summed E-state index contributed by atoms with van der Waals surface area (Å²) >= 11 is 0. The molecule has 2 saturated heterocycles. The number of likely N-dealkylation sites (tertiary alicyclic amines) is 1. The number of hydrogen-bond donors (Lipinski definition) is 3. The van der Waals surface area contributed by atoms with E-state index in [-0.39, 0.29) is 43.9 Å². The Balaban J connectivity index is 1.46. The van der Waals surface area contributed by atoms with Crippen LogP contribution in [0.25, 0.3) is 0 Å². The van der Waals surface area contributed by atoms with Gasteiger partial charge >= 0.3 is 24.5 Å². The smallest absolute Gasteiger partial charge is 0.447 e. The van der Waals surface area contributed by atoms with Crippen LogP contribution < -0.4 is 20.7 Å². The van der Waals surface area contributed by atoms with Gasteiger partial charge in [0.2, 0.25) is 0 Å². The molecule has 1 unspecified atom stereocenters. The van der Waals surface area contributed by atoms with Gasteiger partial charge in [-0.25, -0.2) is 18.8 Å². The number of nitrogens with zero attached hydrogens (tertiary/aromatic N) is 2. The molecule has 1 aromatic rings. The van der Waals surface area contributed by atoms with Gasteiger partial charge in [0.15, 0.2) is 0 Å². The maximum Gasteiger partial charge on any atom is 0.573 e. The number of amides is 5. The minimum atomic E-state index is -4.95. The van der Waals surface area contributed by atoms with Gasteiger partial charge in [-0.2, -0.15) is 0 Å². The van der Waals surface area contributed by atoms with Gasteiger partial charge < -0.3 is 35.2 Å². The monoisotopic (exact) mass is 503 g/mol. The van der Waals surface area contributed by atoms with Crippen LogP contribution in [0.15, 0.2) is 18.2 Å². The molecule has 1 spiro atoms. The number of carbonyl (C=O) groups is 3. The quantitative estimate of drug-likeness (QED) is 0.534. The fourth-order valence-electron chi connectivity index (χ4n) is 4.56. The molecular formula is C21H25F4N5O5. The van der Waals surface area contributed by atoms with Crippen molar-refractivity contribution in [3.8, 4) is 5.75 Å². The summed E-state index contributed by atoms with van der Waals surface area (Å²) in [5.74, 6) is -1.66. The Labute approximate surface area is 197 Å². The van der Waals surface area contributed by atoms with Crippen molar-refractivity contribution in [2.75, 3.05) is 26.7 Å². The first kappa shape index (κ1) is 24.7. The lowest BCUT2D eigenvalue weighted by molar-refractivity contribution is -0.274. The zero-order chi connectivity index (χ0) is 25.4. The van der Waals surface area contributed by atoms with Gasteiger partial charge in [-0.05, 0) is 25.3 Å². The second kappa shape index (κ2) is 9.30. The predicted octanol–water partition coefficient (Wildman–Crippen LogP) is 2.29. The number of carbonyl (C=O) groups excluding carboxylic acids is 3. The van der Waals surface area contributed by atoms with Crippen LogP contribution in [-0.2, 0) is 11.3 Å². The molecule has 3 fully saturated rings. The molecule has 0 radical (unpaired) electrons. The summed E-state index contributed by atoms with van der Waals surface area (Å²) in [6.45, 7) is 0.218. The average Bonchev–Trinajstić information content (AvgIpc) is 3.54. The fraction of sp³-hybridized carbons (Fsp3) is 0.571. The van der Waals surface area contributed by atoms with Crippen LogP contribution in [0.1, 0.15) is 24.8 Å². The van der Waals surface area contributed by atoms with Crippen LogP contribution in [-0.4, -0.2) is 78.7 Å². The zero-order valence-electron chi connectivity index (χ0n) is 18.8. The number of hydrogen-bond acceptors (Lipinski definition) is 5. The first-order valence-electron chi connectivity index (χ1n) is 11.0. The van der Waals surface area contributed by atoms with E-state index in [0.717, 1.165) is 25.0 Å². The lowest BCUT2D eigenvalue weighted by atomic mass is 9.86. The molecule has 2 atom stereocenters. The minimum absolute atomic E-state index is 0.0211. The van der Waals surface area contributed by atoms with Crippen molar-refractivity contribution in [3.63, 3.8) is 0 Å². The van der Waals surface area contributed by atoms with Crippen LogP contribution in [0.4, 0.5) is 31.9 Å². The highest BCUT2D eigenvalue weighted by Crippen LogP contribution is 2.35. The number of alkyl carbamates (subject to hydrolysis) is 1. The molecule has 4 rings (SSSR count). The van der Waals surface area contributed by atoms with Crippen molar-refractivity contribution >= 4 is 18.2 Å². The highest BCUT2D eigenvalue weighted by atomic mass is 19.4. The molecule has 35 heavy (non-hydrogen) atoms. The van der Waals surface area contributed by atoms with Gasteiger partial charge in [0.05, 0.1) is 11.6 Å². The zero-order valence-corrected chi connectivity index (χ0v) is 18.8. The Kier molecular flexibility index (Phi) is 6.56. The molecule has 1 aromatic carbocycles. The summed E-state index contributed by atoms with van der Waals surface area (Å²) in [5.41, 5.74) is -0.868. The Morgan fingerprint density at radius 1 is 1.31 bits per heavy atom. The van der Waals surface area contributed by atoms with Crippen molar-refractivity contribution in [1.29, 1.82) is 0 Å². The number of piperidine rings is 1. The van der Waals surface area contributed by atoms with Crippen LogP contribution in [0.2, 0.25) is 0 Å². The van der Waals surface area contributed by atoms with E-state index in [1.807, 2.05) is 0 Å². The number of cyclic esters (lactones) is 1. The number of benzene rings is 1. The third-order valence-corrected chi connectivity index (χ3v) is 6.16. The molecule has 5 amide bonds. The molecule has 0 aromatic heterocycles. The van der Waals surface area contributed by atoms with E-state index in [0.29, 0.717) is 12.5 Å². The van der Waals surface area contributed by atoms with Gasteiger partial charge in [-0.3, -0.25) is 0 Å². The first-order valence-corrected chi connectivity index (χ1v) is 11.0. The molecule has 14 heteroatoms. The highest BCUT2D eigenvalue weighted by molar-refractivity contribution is 5.77. The number of alkyl halides is 3. The second-order valence-corrected chi connectivity index (χ2v) is 8.87. The predicted molar refractivity (Wildman–Crippen MR) is 112 cm³/mol. The molecule has 1 aliphatic carbocycles. The average molecular weight is 503 g/mol. The number of nitrogens with one attached hydrogen (secondary N) is 3. The van der Waals surface area contributed by atoms with Crippen LogP contribution in [0.3, 0.4) is 0 Å². The summed E-state index contributed by atoms with van der Waals surface area (Å²) in [5, 5.41) is 7.93. The summed E-state index contributed by atoms with van der Waals surface area (Å²) < 4.78 is 60.1. The largest absolute Gasteiger partial charge is 0.573 e. The van der Waals surface area contributed by atoms with E-state index in [4.69, 9.17) is 4.74 Å². The van der Waals surface area contributed by atoms with E-state index in [1.165, 1.54) is 11.9 Å². The SMILES string of the molecule is CNC(=O)N1C[C@H](N(C(=O)NCc2ccc(OC(F)(F)F)cc2F)C2CC2)CC2(COC(=O)N2)C1. The number of rotatable bonds is 5. The van der Waals surface area contributed by atoms with Crippen LogP contribution in [0.5, 0.6) is 5.75 Å². The van der Waals surface area contributed by atoms with E-state index < -0.39 is 41.6 Å². The molecule has 2 aliphatic heterocycles. The van der Waals surface area contributed by atoms with Gasteiger partial charge in [0.25, 0.3) is 0 Å². The molecule has 10 nitrogen and oxygen atoms in total. The highest BCUT2D eigenvalue weighted by Gasteiger charge is 2.51. The third kappa shape index (κ3) is 5.80. The minimum Gasteiger partial charge on any atom is -0.447 e. The van der Waals surface area contributed by atoms with Crippen molar-refractivity contribution < 1.29 is 41.4 Å². The van der Waals surface area contributed by atoms with Crippen molar-refractivity contribution in [2.24, 2.45) is 0 Å². The Morgan fingerprint density at radius 2 is 2.06 bits per heavy atom. The summed E-state index contributed by atoms with van der Waals surface area (Å²) in [4.78, 5) is 40.4. The van der Waals surface area contributed by atoms with E-state index in [2.05, 4.69) is 20.7 Å². The van der Waals surface area contributed by atoms with Crippen molar-refractivity contribution in [1.82, 2.24) is 25.8 Å². The lowest BCUT2D eigenvalue weighted by Crippen LogP contribution is -2.66. The maximum atomic E-state index is 14.3. The normalized spacial score (nSPS) is 24.0. The maximum absolute atomic E-state index is 14.3. The Morgan fingerprint density at radius 3 is 2.63 bits per heavy atom. The number of ether oxygens (including phenoxy) is 2. The van der Waals surface area contributed by atoms with E-state index in [9.17, 15) is 31.9 Å². The van der Waals surface area contributed by atoms with E-state index >= 15 is 0 Å². The standard InChI is InChI=1S/C21H25F4N5O5/c1-26-17(31)29-9-14(7-20(10-29)11-34-19(33)28-20)30(13-3-4-13)18(32)27-8-12-2-5-15(6-16(12)22)35-21(23,24)25/h2,5-6,13-14H,3-4,7-11H2,1H3,(H,26,31)(H,27,32)(H,28,33)/t14-,20?/m1/s1. The fourth-order valence-corrected chi connectivity index (χ4v) is 4.56. The summed E-state index contributed by atoms with van der Waals surface area (Å²) in [6, 6.07) is 1.25. The molecule has 1 saturated carbocycles. The summed E-state index contributed by atoms with van der Waals surface area (Å²) in [7, 11) is 1.48. The van der Waals surface area contributed by atoms with Crippen molar-refractivity contribution in [3.05, 3.63) is 29.6 Å². The van der Waals surface area contributed by atoms with Crippen molar-refractivity contribution in [2.45, 2.75) is 49.8 Å². The first-order chi connectivity index (χ1) is 16.5. The summed E-state index contributed by atoms with van der Waals surface area (Å²) in [6.07, 6.45) is -3.70. The topological polar surface area (TPSA) is 112 Å². The Bertz CT molecular complexity index is 1000. The number of urea groups is 2. The Hall–Kier alpha value is -3.45.